The lowest BCUT2D eigenvalue weighted by molar-refractivity contribution is 0.0667. The van der Waals surface area contributed by atoms with Crippen LogP contribution in [-0.2, 0) is 0 Å². The molecule has 0 aliphatic carbocycles. The molecule has 3 aromatic rings. The van der Waals surface area contributed by atoms with Gasteiger partial charge in [0, 0.05) is 19.8 Å². The molecule has 8 nitrogen and oxygen atoms in total. The lowest BCUT2D eigenvalue weighted by Gasteiger charge is -2.37. The van der Waals surface area contributed by atoms with Gasteiger partial charge in [-0.1, -0.05) is 58.8 Å². The number of halogens is 1. The predicted molar refractivity (Wildman–Crippen MR) is 119 cm³/mol. The summed E-state index contributed by atoms with van der Waals surface area (Å²) in [7, 11) is 1.64. The van der Waals surface area contributed by atoms with Gasteiger partial charge in [-0.15, -0.1) is 0 Å². The highest BCUT2D eigenvalue weighted by Crippen LogP contribution is 2.35. The van der Waals surface area contributed by atoms with Crippen molar-refractivity contribution < 1.29 is 9.90 Å². The minimum atomic E-state index is -0.685. The molecule has 2 atom stereocenters. The van der Waals surface area contributed by atoms with Crippen LogP contribution in [0.3, 0.4) is 0 Å². The standard InChI is InChI=1S/C21H18IN5O3/c1-25-13-16(27-19(21(25)30)20(29)17(28)12-23-27)18(14-6-3-2-4-7-14)26-11-9-15(24-26)8-5-10-22/h2-4,6-7,9,11-12,16,18,29H,10,13H2,1H3. The van der Waals surface area contributed by atoms with Crippen LogP contribution < -0.4 is 5.43 Å². The molecule has 1 aliphatic rings. The Morgan fingerprint density at radius 2 is 2.03 bits per heavy atom. The summed E-state index contributed by atoms with van der Waals surface area (Å²) in [6.45, 7) is 0.329. The first-order valence-corrected chi connectivity index (χ1v) is 10.7. The normalized spacial score (nSPS) is 16.5. The molecule has 0 bridgehead atoms. The zero-order valence-electron chi connectivity index (χ0n) is 16.1. The van der Waals surface area contributed by atoms with Crippen molar-refractivity contribution in [3.8, 4) is 17.6 Å². The van der Waals surface area contributed by atoms with Crippen LogP contribution in [0.25, 0.3) is 0 Å². The summed E-state index contributed by atoms with van der Waals surface area (Å²) >= 11 is 2.18. The van der Waals surface area contributed by atoms with Crippen LogP contribution in [0, 0.1) is 11.8 Å². The van der Waals surface area contributed by atoms with Crippen molar-refractivity contribution >= 4 is 28.5 Å². The topological polar surface area (TPSA) is 93.2 Å². The number of carbonyl (C=O) groups is 1. The number of hydrogen-bond donors (Lipinski definition) is 1. The second-order valence-corrected chi connectivity index (χ2v) is 7.64. The highest BCUT2D eigenvalue weighted by Gasteiger charge is 2.38. The van der Waals surface area contributed by atoms with E-state index in [0.29, 0.717) is 16.7 Å². The van der Waals surface area contributed by atoms with E-state index in [1.54, 1.807) is 11.7 Å². The largest absolute Gasteiger partial charge is 0.502 e. The molecule has 3 heterocycles. The van der Waals surface area contributed by atoms with Gasteiger partial charge in [0.05, 0.1) is 16.7 Å². The van der Waals surface area contributed by atoms with E-state index in [2.05, 4.69) is 44.6 Å². The molecule has 1 aromatic carbocycles. The van der Waals surface area contributed by atoms with Gasteiger partial charge in [0.25, 0.3) is 5.91 Å². The second-order valence-electron chi connectivity index (χ2n) is 6.88. The smallest absolute Gasteiger partial charge is 0.275 e. The van der Waals surface area contributed by atoms with E-state index >= 15 is 0 Å². The van der Waals surface area contributed by atoms with Gasteiger partial charge in [-0.2, -0.15) is 10.2 Å². The molecule has 30 heavy (non-hydrogen) atoms. The fourth-order valence-electron chi connectivity index (χ4n) is 3.65. The lowest BCUT2D eigenvalue weighted by atomic mass is 9.97. The molecule has 152 valence electrons. The molecule has 9 heteroatoms. The number of aromatic nitrogens is 4. The Morgan fingerprint density at radius 3 is 2.77 bits per heavy atom. The Labute approximate surface area is 186 Å². The van der Waals surface area contributed by atoms with Crippen LogP contribution in [-0.4, -0.2) is 53.5 Å². The van der Waals surface area contributed by atoms with Gasteiger partial charge in [-0.3, -0.25) is 14.3 Å². The van der Waals surface area contributed by atoms with Crippen LogP contribution in [0.2, 0.25) is 0 Å². The summed E-state index contributed by atoms with van der Waals surface area (Å²) in [5.41, 5.74) is 0.797. The van der Waals surface area contributed by atoms with Crippen LogP contribution in [0.15, 0.2) is 53.6 Å². The summed E-state index contributed by atoms with van der Waals surface area (Å²) in [4.78, 5) is 26.1. The first-order valence-electron chi connectivity index (χ1n) is 9.22. The van der Waals surface area contributed by atoms with E-state index in [9.17, 15) is 14.7 Å². The van der Waals surface area contributed by atoms with E-state index in [4.69, 9.17) is 0 Å². The number of benzene rings is 1. The van der Waals surface area contributed by atoms with Gasteiger partial charge in [-0.25, -0.2) is 4.68 Å². The molecule has 2 aromatic heterocycles. The van der Waals surface area contributed by atoms with E-state index in [-0.39, 0.29) is 11.7 Å². The summed E-state index contributed by atoms with van der Waals surface area (Å²) < 4.78 is 3.93. The molecule has 0 spiro atoms. The number of aromatic hydroxyl groups is 1. The van der Waals surface area contributed by atoms with Gasteiger partial charge >= 0.3 is 0 Å². The van der Waals surface area contributed by atoms with Crippen LogP contribution in [0.5, 0.6) is 5.75 Å². The molecule has 0 radical (unpaired) electrons. The Bertz CT molecular complexity index is 1210. The number of alkyl halides is 1. The quantitative estimate of drug-likeness (QED) is 0.327. The first kappa shape index (κ1) is 20.2. The Hall–Kier alpha value is -3.13. The van der Waals surface area contributed by atoms with Crippen LogP contribution in [0.1, 0.15) is 33.8 Å². The fourth-order valence-corrected chi connectivity index (χ4v) is 3.84. The first-order chi connectivity index (χ1) is 14.5. The molecule has 1 N–H and O–H groups in total. The zero-order chi connectivity index (χ0) is 21.3. The summed E-state index contributed by atoms with van der Waals surface area (Å²) in [6.07, 6.45) is 2.88. The highest BCUT2D eigenvalue weighted by atomic mass is 127. The SMILES string of the molecule is CN1CC(C(c2ccccc2)n2ccc(C#CCI)n2)n2ncc(=O)c(O)c2C1=O. The number of fused-ring (bicyclic) bond motifs is 1. The predicted octanol–water partition coefficient (Wildman–Crippen LogP) is 1.85. The van der Waals surface area contributed by atoms with Crippen molar-refractivity contribution in [1.82, 2.24) is 24.5 Å². The van der Waals surface area contributed by atoms with Crippen molar-refractivity contribution in [1.29, 1.82) is 0 Å². The number of rotatable bonds is 3. The molecule has 1 amide bonds. The van der Waals surface area contributed by atoms with E-state index < -0.39 is 23.1 Å². The summed E-state index contributed by atoms with van der Waals surface area (Å²) in [5.74, 6) is 4.98. The maximum atomic E-state index is 12.7. The zero-order valence-corrected chi connectivity index (χ0v) is 18.2. The Morgan fingerprint density at radius 1 is 1.27 bits per heavy atom. The Balaban J connectivity index is 1.90. The molecule has 0 saturated carbocycles. The molecule has 0 saturated heterocycles. The second kappa shape index (κ2) is 8.31. The van der Waals surface area contributed by atoms with Gasteiger partial charge in [0.2, 0.25) is 5.43 Å². The van der Waals surface area contributed by atoms with E-state index in [1.807, 2.05) is 42.6 Å². The molecule has 4 rings (SSSR count). The maximum absolute atomic E-state index is 12.7. The van der Waals surface area contributed by atoms with Gasteiger partial charge in [0.1, 0.15) is 11.7 Å². The van der Waals surface area contributed by atoms with Gasteiger partial charge in [0.15, 0.2) is 11.4 Å². The minimum absolute atomic E-state index is 0.112. The number of amides is 1. The summed E-state index contributed by atoms with van der Waals surface area (Å²) in [5, 5.41) is 19.1. The van der Waals surface area contributed by atoms with Crippen LogP contribution in [0.4, 0.5) is 0 Å². The monoisotopic (exact) mass is 515 g/mol. The van der Waals surface area contributed by atoms with Gasteiger partial charge in [-0.05, 0) is 17.6 Å². The van der Waals surface area contributed by atoms with Crippen molar-refractivity contribution in [2.45, 2.75) is 12.1 Å². The van der Waals surface area contributed by atoms with Crippen molar-refractivity contribution in [2.75, 3.05) is 18.0 Å². The minimum Gasteiger partial charge on any atom is -0.502 e. The van der Waals surface area contributed by atoms with Crippen LogP contribution >= 0.6 is 22.6 Å². The third kappa shape index (κ3) is 3.59. The molecular weight excluding hydrogens is 497 g/mol. The number of hydrogen-bond acceptors (Lipinski definition) is 5. The lowest BCUT2D eigenvalue weighted by Crippen LogP contribution is -2.46. The highest BCUT2D eigenvalue weighted by molar-refractivity contribution is 14.1. The third-order valence-corrected chi connectivity index (χ3v) is 5.37. The van der Waals surface area contributed by atoms with E-state index in [0.717, 1.165) is 11.8 Å². The molecule has 2 unspecified atom stereocenters. The van der Waals surface area contributed by atoms with Crippen molar-refractivity contribution in [3.63, 3.8) is 0 Å². The van der Waals surface area contributed by atoms with Gasteiger partial charge < -0.3 is 10.0 Å². The van der Waals surface area contributed by atoms with Crippen molar-refractivity contribution in [3.05, 3.63) is 76.0 Å². The average Bonchev–Trinajstić information content (AvgIpc) is 3.21. The number of carbonyl (C=O) groups excluding carboxylic acids is 1. The van der Waals surface area contributed by atoms with Crippen molar-refractivity contribution in [2.24, 2.45) is 0 Å². The summed E-state index contributed by atoms with van der Waals surface area (Å²) in [6, 6.07) is 10.8. The van der Waals surface area contributed by atoms with E-state index in [1.165, 1.54) is 9.58 Å². The average molecular weight is 515 g/mol. The molecule has 1 aliphatic heterocycles. The third-order valence-electron chi connectivity index (χ3n) is 4.99. The fraction of sp³-hybridized carbons (Fsp3) is 0.238. The maximum Gasteiger partial charge on any atom is 0.275 e. The molecular formula is C21H18IN5O3. The number of nitrogens with zero attached hydrogens (tertiary/aromatic N) is 5. The molecule has 0 fully saturated rings. The number of likely N-dealkylation sites (N-methyl/N-ethyl adjacent to an activating group) is 1. The Kier molecular flexibility index (Phi) is 5.59.